The van der Waals surface area contributed by atoms with Crippen molar-refractivity contribution in [1.29, 1.82) is 0 Å². The largest absolute Gasteiger partial charge is 0.298 e. The Labute approximate surface area is 119 Å². The van der Waals surface area contributed by atoms with Gasteiger partial charge in [-0.3, -0.25) is 9.58 Å². The average Bonchev–Trinajstić information content (AvgIpc) is 2.67. The first-order chi connectivity index (χ1) is 8.63. The SMILES string of the molecule is CCn1nc(C)c(Br)c1CN(C)C1CCCCC1. The molecular weight excluding hydrogens is 290 g/mol. The fraction of sp³-hybridized carbons (Fsp3) is 0.786. The lowest BCUT2D eigenvalue weighted by Gasteiger charge is -2.31. The molecule has 0 N–H and O–H groups in total. The van der Waals surface area contributed by atoms with E-state index in [1.807, 2.05) is 0 Å². The Hall–Kier alpha value is -0.350. The van der Waals surface area contributed by atoms with E-state index in [1.54, 1.807) is 0 Å². The monoisotopic (exact) mass is 313 g/mol. The quantitative estimate of drug-likeness (QED) is 0.844. The van der Waals surface area contributed by atoms with Crippen LogP contribution < -0.4 is 0 Å². The van der Waals surface area contributed by atoms with Crippen LogP contribution in [0.3, 0.4) is 0 Å². The molecule has 1 aromatic rings. The standard InChI is InChI=1S/C14H24BrN3/c1-4-18-13(14(15)11(2)16-18)10-17(3)12-8-6-5-7-9-12/h12H,4-10H2,1-3H3. The summed E-state index contributed by atoms with van der Waals surface area (Å²) in [7, 11) is 2.25. The molecule has 0 aromatic carbocycles. The van der Waals surface area contributed by atoms with Crippen LogP contribution in [0.5, 0.6) is 0 Å². The number of halogens is 1. The summed E-state index contributed by atoms with van der Waals surface area (Å²) in [6.07, 6.45) is 6.91. The highest BCUT2D eigenvalue weighted by molar-refractivity contribution is 9.10. The Morgan fingerprint density at radius 2 is 2.00 bits per heavy atom. The molecule has 0 atom stereocenters. The lowest BCUT2D eigenvalue weighted by Crippen LogP contribution is -2.33. The first-order valence-electron chi connectivity index (χ1n) is 7.05. The number of rotatable bonds is 4. The molecule has 18 heavy (non-hydrogen) atoms. The number of aromatic nitrogens is 2. The van der Waals surface area contributed by atoms with Crippen molar-refractivity contribution >= 4 is 15.9 Å². The summed E-state index contributed by atoms with van der Waals surface area (Å²) >= 11 is 3.68. The topological polar surface area (TPSA) is 21.1 Å². The second kappa shape index (κ2) is 6.20. The summed E-state index contributed by atoms with van der Waals surface area (Å²) in [5, 5.41) is 4.57. The van der Waals surface area contributed by atoms with Crippen LogP contribution in [0.4, 0.5) is 0 Å². The van der Waals surface area contributed by atoms with Crippen molar-refractivity contribution in [2.75, 3.05) is 7.05 Å². The van der Waals surface area contributed by atoms with Crippen molar-refractivity contribution in [1.82, 2.24) is 14.7 Å². The molecule has 0 saturated heterocycles. The zero-order valence-electron chi connectivity index (χ0n) is 11.7. The van der Waals surface area contributed by atoms with E-state index < -0.39 is 0 Å². The molecule has 0 aliphatic heterocycles. The van der Waals surface area contributed by atoms with Gasteiger partial charge in [0.25, 0.3) is 0 Å². The minimum absolute atomic E-state index is 0.756. The predicted molar refractivity (Wildman–Crippen MR) is 78.7 cm³/mol. The molecule has 0 spiro atoms. The van der Waals surface area contributed by atoms with E-state index >= 15 is 0 Å². The first kappa shape index (κ1) is 14.1. The maximum Gasteiger partial charge on any atom is 0.0739 e. The van der Waals surface area contributed by atoms with Crippen LogP contribution in [0.15, 0.2) is 4.47 Å². The van der Waals surface area contributed by atoms with Crippen LogP contribution in [0, 0.1) is 6.92 Å². The number of aryl methyl sites for hydroxylation is 2. The molecule has 1 aliphatic rings. The normalized spacial score (nSPS) is 17.6. The predicted octanol–water partition coefficient (Wildman–Crippen LogP) is 3.74. The summed E-state index contributed by atoms with van der Waals surface area (Å²) in [6, 6.07) is 0.756. The van der Waals surface area contributed by atoms with Crippen molar-refractivity contribution in [2.45, 2.75) is 65.1 Å². The lowest BCUT2D eigenvalue weighted by atomic mass is 9.94. The number of hydrogen-bond acceptors (Lipinski definition) is 2. The molecule has 1 saturated carbocycles. The van der Waals surface area contributed by atoms with Crippen molar-refractivity contribution < 1.29 is 0 Å². The van der Waals surface area contributed by atoms with Gasteiger partial charge in [0, 0.05) is 19.1 Å². The summed E-state index contributed by atoms with van der Waals surface area (Å²) in [5.41, 5.74) is 2.42. The van der Waals surface area contributed by atoms with Crippen LogP contribution in [-0.4, -0.2) is 27.8 Å². The van der Waals surface area contributed by atoms with Crippen LogP contribution in [-0.2, 0) is 13.1 Å². The van der Waals surface area contributed by atoms with E-state index in [1.165, 1.54) is 42.3 Å². The van der Waals surface area contributed by atoms with Gasteiger partial charge in [-0.1, -0.05) is 19.3 Å². The van der Waals surface area contributed by atoms with Gasteiger partial charge in [-0.15, -0.1) is 0 Å². The van der Waals surface area contributed by atoms with E-state index in [4.69, 9.17) is 0 Å². The zero-order chi connectivity index (χ0) is 13.1. The smallest absolute Gasteiger partial charge is 0.0739 e. The highest BCUT2D eigenvalue weighted by atomic mass is 79.9. The third kappa shape index (κ3) is 2.97. The summed E-state index contributed by atoms with van der Waals surface area (Å²) < 4.78 is 3.31. The molecule has 4 heteroatoms. The maximum atomic E-state index is 4.57. The molecule has 1 heterocycles. The molecule has 102 valence electrons. The molecule has 2 rings (SSSR count). The fourth-order valence-electron chi connectivity index (χ4n) is 2.91. The molecule has 0 unspecified atom stereocenters. The van der Waals surface area contributed by atoms with E-state index in [2.05, 4.69) is 51.5 Å². The Morgan fingerprint density at radius 1 is 1.33 bits per heavy atom. The summed E-state index contributed by atoms with van der Waals surface area (Å²) in [5.74, 6) is 0. The van der Waals surface area contributed by atoms with Gasteiger partial charge < -0.3 is 0 Å². The van der Waals surface area contributed by atoms with Crippen LogP contribution in [0.25, 0.3) is 0 Å². The Kier molecular flexibility index (Phi) is 4.84. The van der Waals surface area contributed by atoms with Gasteiger partial charge >= 0.3 is 0 Å². The molecule has 3 nitrogen and oxygen atoms in total. The van der Waals surface area contributed by atoms with Crippen LogP contribution in [0.1, 0.15) is 50.4 Å². The third-order valence-electron chi connectivity index (χ3n) is 4.05. The second-order valence-corrected chi connectivity index (χ2v) is 6.16. The van der Waals surface area contributed by atoms with E-state index in [0.717, 1.165) is 24.8 Å². The van der Waals surface area contributed by atoms with E-state index in [9.17, 15) is 0 Å². The van der Waals surface area contributed by atoms with Crippen molar-refractivity contribution in [3.05, 3.63) is 15.9 Å². The second-order valence-electron chi connectivity index (χ2n) is 5.37. The zero-order valence-corrected chi connectivity index (χ0v) is 13.3. The Balaban J connectivity index is 2.08. The molecule has 0 amide bonds. The Bertz CT molecular complexity index is 394. The molecule has 1 aliphatic carbocycles. The summed E-state index contributed by atoms with van der Waals surface area (Å²) in [4.78, 5) is 2.51. The van der Waals surface area contributed by atoms with Gasteiger partial charge in [-0.25, -0.2) is 0 Å². The first-order valence-corrected chi connectivity index (χ1v) is 7.84. The molecule has 1 aromatic heterocycles. The minimum atomic E-state index is 0.756. The highest BCUT2D eigenvalue weighted by Crippen LogP contribution is 2.26. The molecule has 1 fully saturated rings. The van der Waals surface area contributed by atoms with Gasteiger partial charge in [0.2, 0.25) is 0 Å². The summed E-state index contributed by atoms with van der Waals surface area (Å²) in [6.45, 7) is 6.17. The number of hydrogen-bond donors (Lipinski definition) is 0. The molecule has 0 bridgehead atoms. The van der Waals surface area contributed by atoms with Crippen LogP contribution >= 0.6 is 15.9 Å². The van der Waals surface area contributed by atoms with Gasteiger partial charge in [-0.05, 0) is 49.7 Å². The van der Waals surface area contributed by atoms with Crippen molar-refractivity contribution in [3.8, 4) is 0 Å². The van der Waals surface area contributed by atoms with Gasteiger partial charge in [0.1, 0.15) is 0 Å². The molecule has 0 radical (unpaired) electrons. The van der Waals surface area contributed by atoms with Gasteiger partial charge in [-0.2, -0.15) is 5.10 Å². The van der Waals surface area contributed by atoms with E-state index in [-0.39, 0.29) is 0 Å². The van der Waals surface area contributed by atoms with Crippen LogP contribution in [0.2, 0.25) is 0 Å². The van der Waals surface area contributed by atoms with E-state index in [0.29, 0.717) is 0 Å². The maximum absolute atomic E-state index is 4.57. The Morgan fingerprint density at radius 3 is 2.61 bits per heavy atom. The lowest BCUT2D eigenvalue weighted by molar-refractivity contribution is 0.180. The average molecular weight is 314 g/mol. The molecular formula is C14H24BrN3. The van der Waals surface area contributed by atoms with Crippen molar-refractivity contribution in [2.24, 2.45) is 0 Å². The fourth-order valence-corrected chi connectivity index (χ4v) is 3.32. The highest BCUT2D eigenvalue weighted by Gasteiger charge is 2.21. The van der Waals surface area contributed by atoms with Gasteiger partial charge in [0.05, 0.1) is 15.9 Å². The minimum Gasteiger partial charge on any atom is -0.298 e. The van der Waals surface area contributed by atoms with Gasteiger partial charge in [0.15, 0.2) is 0 Å². The number of nitrogens with zero attached hydrogens (tertiary/aromatic N) is 3. The third-order valence-corrected chi connectivity index (χ3v) is 5.08. The van der Waals surface area contributed by atoms with Crippen molar-refractivity contribution in [3.63, 3.8) is 0 Å².